The number of carbonyl (C=O) groups is 2. The van der Waals surface area contributed by atoms with Crippen LogP contribution < -0.4 is 11.1 Å². The molecule has 1 atom stereocenters. The van der Waals surface area contributed by atoms with Gasteiger partial charge in [-0.1, -0.05) is 18.2 Å². The van der Waals surface area contributed by atoms with E-state index >= 15 is 0 Å². The topological polar surface area (TPSA) is 97.4 Å². The first-order valence-corrected chi connectivity index (χ1v) is 7.31. The van der Waals surface area contributed by atoms with Gasteiger partial charge in [-0.3, -0.25) is 9.59 Å². The molecule has 0 saturated carbocycles. The number of carboxylic acid groups (broad SMARTS) is 1. The minimum atomic E-state index is -0.986. The van der Waals surface area contributed by atoms with Gasteiger partial charge in [-0.05, 0) is 25.3 Å². The van der Waals surface area contributed by atoms with Crippen LogP contribution in [0.3, 0.4) is 0 Å². The Hall–Kier alpha value is -2.34. The van der Waals surface area contributed by atoms with Crippen molar-refractivity contribution in [2.45, 2.75) is 25.3 Å². The molecular formula is C16H21N3O3. The summed E-state index contributed by atoms with van der Waals surface area (Å²) in [6.07, 6.45) is 3.61. The average Bonchev–Trinajstić information content (AvgIpc) is 2.84. The second-order valence-electron chi connectivity index (χ2n) is 5.37. The zero-order valence-corrected chi connectivity index (χ0v) is 12.6. The van der Waals surface area contributed by atoms with Gasteiger partial charge in [0.25, 0.3) is 5.91 Å². The first-order chi connectivity index (χ1) is 10.5. The predicted octanol–water partition coefficient (Wildman–Crippen LogP) is 1.49. The third-order valence-corrected chi connectivity index (χ3v) is 3.69. The second-order valence-corrected chi connectivity index (χ2v) is 5.37. The highest BCUT2D eigenvalue weighted by atomic mass is 16.4. The van der Waals surface area contributed by atoms with Crippen LogP contribution in [-0.2, 0) is 11.8 Å². The summed E-state index contributed by atoms with van der Waals surface area (Å²) in [5.74, 6) is -1.10. The minimum Gasteiger partial charge on any atom is -0.480 e. The summed E-state index contributed by atoms with van der Waals surface area (Å²) >= 11 is 0. The van der Waals surface area contributed by atoms with Crippen molar-refractivity contribution in [1.29, 1.82) is 0 Å². The molecule has 6 nitrogen and oxygen atoms in total. The summed E-state index contributed by atoms with van der Waals surface area (Å²) in [6, 6.07) is 6.92. The maximum absolute atomic E-state index is 12.2. The van der Waals surface area contributed by atoms with E-state index in [2.05, 4.69) is 5.32 Å². The lowest BCUT2D eigenvalue weighted by molar-refractivity contribution is -0.138. The number of unbranched alkanes of at least 4 members (excludes halogenated alkanes) is 1. The first-order valence-electron chi connectivity index (χ1n) is 7.31. The lowest BCUT2D eigenvalue weighted by atomic mass is 10.1. The van der Waals surface area contributed by atoms with Crippen LogP contribution in [-0.4, -0.2) is 34.1 Å². The number of aliphatic carboxylic acids is 1. The highest BCUT2D eigenvalue weighted by molar-refractivity contribution is 6.06. The van der Waals surface area contributed by atoms with Gasteiger partial charge in [-0.15, -0.1) is 0 Å². The Kier molecular flexibility index (Phi) is 5.16. The molecule has 1 aromatic heterocycles. The van der Waals surface area contributed by atoms with Crippen LogP contribution in [0, 0.1) is 0 Å². The normalized spacial score (nSPS) is 12.3. The van der Waals surface area contributed by atoms with Gasteiger partial charge in [-0.2, -0.15) is 0 Å². The molecule has 0 saturated heterocycles. The van der Waals surface area contributed by atoms with Gasteiger partial charge >= 0.3 is 5.97 Å². The van der Waals surface area contributed by atoms with Gasteiger partial charge in [0, 0.05) is 30.7 Å². The smallest absolute Gasteiger partial charge is 0.320 e. The maximum atomic E-state index is 12.2. The Morgan fingerprint density at radius 3 is 2.77 bits per heavy atom. The van der Waals surface area contributed by atoms with Crippen molar-refractivity contribution >= 4 is 22.8 Å². The van der Waals surface area contributed by atoms with E-state index in [-0.39, 0.29) is 5.91 Å². The fourth-order valence-electron chi connectivity index (χ4n) is 2.43. The molecule has 0 spiro atoms. The number of carbonyl (C=O) groups excluding carboxylic acids is 1. The van der Waals surface area contributed by atoms with Crippen LogP contribution in [0.25, 0.3) is 10.9 Å². The summed E-state index contributed by atoms with van der Waals surface area (Å²) in [5, 5.41) is 12.5. The molecule has 0 radical (unpaired) electrons. The Bertz CT molecular complexity index is 678. The molecule has 2 rings (SSSR count). The zero-order chi connectivity index (χ0) is 16.1. The first kappa shape index (κ1) is 16.0. The van der Waals surface area contributed by atoms with Gasteiger partial charge in [-0.25, -0.2) is 0 Å². The molecule has 0 unspecified atom stereocenters. The van der Waals surface area contributed by atoms with E-state index in [1.165, 1.54) is 0 Å². The second kappa shape index (κ2) is 7.09. The van der Waals surface area contributed by atoms with Crippen LogP contribution in [0.5, 0.6) is 0 Å². The van der Waals surface area contributed by atoms with Gasteiger partial charge < -0.3 is 20.7 Å². The Labute approximate surface area is 128 Å². The number of hydrogen-bond donors (Lipinski definition) is 3. The van der Waals surface area contributed by atoms with Crippen LogP contribution in [0.15, 0.2) is 30.5 Å². The van der Waals surface area contributed by atoms with Crippen molar-refractivity contribution in [3.8, 4) is 0 Å². The van der Waals surface area contributed by atoms with Gasteiger partial charge in [0.15, 0.2) is 0 Å². The number of amides is 1. The van der Waals surface area contributed by atoms with Crippen LogP contribution in [0.1, 0.15) is 29.6 Å². The van der Waals surface area contributed by atoms with Gasteiger partial charge in [0.05, 0.1) is 5.56 Å². The monoisotopic (exact) mass is 303 g/mol. The molecule has 6 heteroatoms. The minimum absolute atomic E-state index is 0.112. The van der Waals surface area contributed by atoms with Crippen molar-refractivity contribution in [2.75, 3.05) is 6.54 Å². The highest BCUT2D eigenvalue weighted by Gasteiger charge is 2.13. The molecule has 22 heavy (non-hydrogen) atoms. The molecule has 0 aliphatic carbocycles. The molecule has 1 amide bonds. The van der Waals surface area contributed by atoms with Crippen LogP contribution in [0.2, 0.25) is 0 Å². The van der Waals surface area contributed by atoms with Crippen molar-refractivity contribution in [3.05, 3.63) is 36.0 Å². The lowest BCUT2D eigenvalue weighted by Crippen LogP contribution is -2.30. The average molecular weight is 303 g/mol. The predicted molar refractivity (Wildman–Crippen MR) is 84.7 cm³/mol. The highest BCUT2D eigenvalue weighted by Crippen LogP contribution is 2.20. The number of hydrogen-bond acceptors (Lipinski definition) is 3. The number of nitrogens with two attached hydrogens (primary N) is 1. The van der Waals surface area contributed by atoms with Crippen LogP contribution >= 0.6 is 0 Å². The zero-order valence-electron chi connectivity index (χ0n) is 12.6. The van der Waals surface area contributed by atoms with E-state index in [1.807, 2.05) is 42.1 Å². The number of rotatable bonds is 7. The fourth-order valence-corrected chi connectivity index (χ4v) is 2.43. The van der Waals surface area contributed by atoms with Crippen molar-refractivity contribution in [2.24, 2.45) is 12.8 Å². The Balaban J connectivity index is 1.86. The van der Waals surface area contributed by atoms with E-state index in [1.54, 1.807) is 0 Å². The third kappa shape index (κ3) is 3.65. The standard InChI is InChI=1S/C16H21N3O3/c1-19-10-12(11-6-2-3-8-14(11)19)15(20)18-9-5-4-7-13(17)16(21)22/h2-3,6,8,10,13H,4-5,7,9,17H2,1H3,(H,18,20)(H,21,22)/t13-/m1/s1. The summed E-state index contributed by atoms with van der Waals surface area (Å²) in [7, 11) is 1.91. The number of aryl methyl sites for hydroxylation is 1. The molecule has 0 fully saturated rings. The quantitative estimate of drug-likeness (QED) is 0.675. The molecule has 0 aliphatic heterocycles. The number of carboxylic acids is 1. The number of aromatic nitrogens is 1. The van der Waals surface area contributed by atoms with Crippen molar-refractivity contribution in [1.82, 2.24) is 9.88 Å². The molecule has 0 bridgehead atoms. The molecule has 1 aromatic carbocycles. The Morgan fingerprint density at radius 2 is 2.05 bits per heavy atom. The van der Waals surface area contributed by atoms with E-state index < -0.39 is 12.0 Å². The van der Waals surface area contributed by atoms with Crippen LogP contribution in [0.4, 0.5) is 0 Å². The largest absolute Gasteiger partial charge is 0.480 e. The van der Waals surface area contributed by atoms with Crippen molar-refractivity contribution in [3.63, 3.8) is 0 Å². The molecular weight excluding hydrogens is 282 g/mol. The third-order valence-electron chi connectivity index (χ3n) is 3.69. The van der Waals surface area contributed by atoms with E-state index in [0.717, 1.165) is 10.9 Å². The molecule has 1 heterocycles. The van der Waals surface area contributed by atoms with Gasteiger partial charge in [0.2, 0.25) is 0 Å². The van der Waals surface area contributed by atoms with Crippen molar-refractivity contribution < 1.29 is 14.7 Å². The number of nitrogens with zero attached hydrogens (tertiary/aromatic N) is 1. The number of benzene rings is 1. The number of nitrogens with one attached hydrogen (secondary N) is 1. The maximum Gasteiger partial charge on any atom is 0.320 e. The van der Waals surface area contributed by atoms with E-state index in [0.29, 0.717) is 31.4 Å². The molecule has 4 N–H and O–H groups in total. The number of para-hydroxylation sites is 1. The summed E-state index contributed by atoms with van der Waals surface area (Å²) in [5.41, 5.74) is 7.09. The summed E-state index contributed by atoms with van der Waals surface area (Å²) in [6.45, 7) is 0.508. The lowest BCUT2D eigenvalue weighted by Gasteiger charge is -2.07. The SMILES string of the molecule is Cn1cc(C(=O)NCCCC[C@@H](N)C(=O)O)c2ccccc21. The molecule has 118 valence electrons. The van der Waals surface area contributed by atoms with Gasteiger partial charge in [0.1, 0.15) is 6.04 Å². The summed E-state index contributed by atoms with van der Waals surface area (Å²) < 4.78 is 1.93. The fraction of sp³-hybridized carbons (Fsp3) is 0.375. The number of fused-ring (bicyclic) bond motifs is 1. The summed E-state index contributed by atoms with van der Waals surface area (Å²) in [4.78, 5) is 22.8. The van der Waals surface area contributed by atoms with E-state index in [9.17, 15) is 9.59 Å². The Morgan fingerprint density at radius 1 is 1.32 bits per heavy atom. The molecule has 0 aliphatic rings. The van der Waals surface area contributed by atoms with E-state index in [4.69, 9.17) is 10.8 Å². The molecule has 2 aromatic rings.